The summed E-state index contributed by atoms with van der Waals surface area (Å²) in [4.78, 5) is 4.76. The molecule has 4 heteroatoms. The summed E-state index contributed by atoms with van der Waals surface area (Å²) in [7, 11) is 2.65. The van der Waals surface area contributed by atoms with Crippen molar-refractivity contribution in [2.45, 2.75) is 39.0 Å². The van der Waals surface area contributed by atoms with Crippen LogP contribution in [0.1, 0.15) is 35.0 Å². The molecule has 0 aliphatic heterocycles. The minimum absolute atomic E-state index is 0.0304. The van der Waals surface area contributed by atoms with Crippen molar-refractivity contribution in [3.05, 3.63) is 95.2 Å². The van der Waals surface area contributed by atoms with E-state index in [9.17, 15) is 0 Å². The van der Waals surface area contributed by atoms with Gasteiger partial charge in [-0.3, -0.25) is 0 Å². The number of rotatable bonds is 6. The number of nitrogens with two attached hydrogens (primary N) is 1. The molecular weight excluding hydrogens is 397 g/mol. The van der Waals surface area contributed by atoms with Gasteiger partial charge in [0.25, 0.3) is 0 Å². The Morgan fingerprint density at radius 3 is 2.58 bits per heavy atom. The van der Waals surface area contributed by atoms with Gasteiger partial charge >= 0.3 is 0 Å². The lowest BCUT2D eigenvalue weighted by molar-refractivity contribution is 0.782. The standard InChI is InChI=1S/C27H30N3P/c1-17-7-4-5-10-24(17)21-11-12-25-19(3)27(29-16-23(25)15-21)30-18(2)13-20-8-6-9-22(14-20)26(28)31/h4-12,14-16,18,26H,13,28,31H2,1-3H3,(H,29,30)/t18?,26-/m0/s1. The van der Waals surface area contributed by atoms with Crippen LogP contribution in [0.15, 0.2) is 72.9 Å². The highest BCUT2D eigenvalue weighted by Gasteiger charge is 2.11. The Morgan fingerprint density at radius 1 is 1.00 bits per heavy atom. The van der Waals surface area contributed by atoms with E-state index >= 15 is 0 Å². The summed E-state index contributed by atoms with van der Waals surface area (Å²) >= 11 is 0. The summed E-state index contributed by atoms with van der Waals surface area (Å²) in [6, 6.07) is 23.9. The highest BCUT2D eigenvalue weighted by molar-refractivity contribution is 7.17. The zero-order chi connectivity index (χ0) is 22.0. The molecule has 0 aliphatic rings. The third kappa shape index (κ3) is 4.79. The topological polar surface area (TPSA) is 50.9 Å². The molecule has 3 N–H and O–H groups in total. The van der Waals surface area contributed by atoms with Gasteiger partial charge in [0.1, 0.15) is 5.82 Å². The van der Waals surface area contributed by atoms with E-state index in [0.717, 1.165) is 17.8 Å². The second-order valence-corrected chi connectivity index (χ2v) is 9.09. The van der Waals surface area contributed by atoms with Gasteiger partial charge in [0.2, 0.25) is 0 Å². The van der Waals surface area contributed by atoms with Gasteiger partial charge < -0.3 is 11.1 Å². The van der Waals surface area contributed by atoms with E-state index in [1.807, 2.05) is 6.20 Å². The molecule has 0 amide bonds. The van der Waals surface area contributed by atoms with Crippen LogP contribution in [-0.2, 0) is 6.42 Å². The van der Waals surface area contributed by atoms with Crippen molar-refractivity contribution in [1.29, 1.82) is 0 Å². The van der Waals surface area contributed by atoms with Crippen molar-refractivity contribution in [2.24, 2.45) is 5.73 Å². The average Bonchev–Trinajstić information content (AvgIpc) is 2.76. The quantitative estimate of drug-likeness (QED) is 0.350. The zero-order valence-electron chi connectivity index (χ0n) is 18.4. The summed E-state index contributed by atoms with van der Waals surface area (Å²) < 4.78 is 0. The molecule has 0 fully saturated rings. The van der Waals surface area contributed by atoms with Gasteiger partial charge in [-0.15, -0.1) is 9.24 Å². The molecule has 3 nitrogen and oxygen atoms in total. The number of benzene rings is 3. The first-order valence-electron chi connectivity index (χ1n) is 10.7. The fraction of sp³-hybridized carbons (Fsp3) is 0.222. The Morgan fingerprint density at radius 2 is 1.81 bits per heavy atom. The number of fused-ring (bicyclic) bond motifs is 1. The van der Waals surface area contributed by atoms with Gasteiger partial charge in [-0.1, -0.05) is 60.7 Å². The first kappa shape index (κ1) is 21.5. The fourth-order valence-electron chi connectivity index (χ4n) is 4.14. The van der Waals surface area contributed by atoms with Crippen LogP contribution in [0.4, 0.5) is 5.82 Å². The highest BCUT2D eigenvalue weighted by Crippen LogP contribution is 2.30. The van der Waals surface area contributed by atoms with Gasteiger partial charge in [-0.2, -0.15) is 0 Å². The zero-order valence-corrected chi connectivity index (χ0v) is 19.5. The molecule has 1 aromatic heterocycles. The number of hydrogen-bond donors (Lipinski definition) is 2. The molecule has 0 bridgehead atoms. The summed E-state index contributed by atoms with van der Waals surface area (Å²) in [5.41, 5.74) is 13.4. The number of nitrogens with one attached hydrogen (secondary N) is 1. The molecule has 0 spiro atoms. The summed E-state index contributed by atoms with van der Waals surface area (Å²) in [5, 5.41) is 6.01. The SMILES string of the molecule is Cc1ccccc1-c1ccc2c(C)c(NC(C)Cc3cccc([C@@H](N)P)c3)ncc2c1. The largest absolute Gasteiger partial charge is 0.367 e. The molecule has 158 valence electrons. The monoisotopic (exact) mass is 427 g/mol. The molecule has 0 aliphatic carbocycles. The van der Waals surface area contributed by atoms with Gasteiger partial charge in [-0.05, 0) is 72.0 Å². The van der Waals surface area contributed by atoms with Crippen molar-refractivity contribution < 1.29 is 0 Å². The van der Waals surface area contributed by atoms with Crippen LogP contribution in [0.5, 0.6) is 0 Å². The third-order valence-electron chi connectivity index (χ3n) is 5.86. The smallest absolute Gasteiger partial charge is 0.129 e. The molecule has 3 aromatic carbocycles. The molecule has 4 rings (SSSR count). The van der Waals surface area contributed by atoms with E-state index < -0.39 is 0 Å². The van der Waals surface area contributed by atoms with E-state index in [1.165, 1.54) is 38.6 Å². The number of aromatic nitrogens is 1. The first-order chi connectivity index (χ1) is 14.9. The lowest BCUT2D eigenvalue weighted by atomic mass is 9.97. The number of nitrogens with zero attached hydrogens (tertiary/aromatic N) is 1. The van der Waals surface area contributed by atoms with E-state index in [1.54, 1.807) is 0 Å². The van der Waals surface area contributed by atoms with Gasteiger partial charge in [-0.25, -0.2) is 4.98 Å². The van der Waals surface area contributed by atoms with Crippen molar-refractivity contribution in [1.82, 2.24) is 4.98 Å². The van der Waals surface area contributed by atoms with E-state index in [2.05, 4.69) is 102 Å². The molecule has 31 heavy (non-hydrogen) atoms. The molecule has 4 aromatic rings. The number of aryl methyl sites for hydroxylation is 2. The average molecular weight is 428 g/mol. The molecule has 0 saturated heterocycles. The second kappa shape index (κ2) is 9.18. The van der Waals surface area contributed by atoms with Crippen LogP contribution in [0.3, 0.4) is 0 Å². The number of hydrogen-bond acceptors (Lipinski definition) is 3. The van der Waals surface area contributed by atoms with Crippen LogP contribution < -0.4 is 11.1 Å². The maximum atomic E-state index is 6.00. The van der Waals surface area contributed by atoms with Gasteiger partial charge in [0.15, 0.2) is 0 Å². The van der Waals surface area contributed by atoms with Crippen molar-refractivity contribution >= 4 is 25.8 Å². The van der Waals surface area contributed by atoms with Crippen LogP contribution >= 0.6 is 9.24 Å². The van der Waals surface area contributed by atoms with E-state index in [-0.39, 0.29) is 11.8 Å². The molecular formula is C27H30N3P. The lowest BCUT2D eigenvalue weighted by Crippen LogP contribution is -2.19. The van der Waals surface area contributed by atoms with Gasteiger partial charge in [0, 0.05) is 23.4 Å². The fourth-order valence-corrected chi connectivity index (χ4v) is 4.35. The molecule has 3 atom stereocenters. The van der Waals surface area contributed by atoms with Crippen LogP contribution in [-0.4, -0.2) is 11.0 Å². The number of anilines is 1. The third-order valence-corrected chi connectivity index (χ3v) is 6.25. The van der Waals surface area contributed by atoms with E-state index in [0.29, 0.717) is 0 Å². The Labute approximate surface area is 187 Å². The normalized spacial score (nSPS) is 13.2. The minimum atomic E-state index is -0.0304. The Hall–Kier alpha value is -2.74. The van der Waals surface area contributed by atoms with Crippen molar-refractivity contribution in [2.75, 3.05) is 5.32 Å². The summed E-state index contributed by atoms with van der Waals surface area (Å²) in [6.07, 6.45) is 2.89. The second-order valence-electron chi connectivity index (χ2n) is 8.37. The lowest BCUT2D eigenvalue weighted by Gasteiger charge is -2.18. The highest BCUT2D eigenvalue weighted by atomic mass is 31.0. The van der Waals surface area contributed by atoms with Crippen LogP contribution in [0.2, 0.25) is 0 Å². The summed E-state index contributed by atoms with van der Waals surface area (Å²) in [6.45, 7) is 6.49. The molecule has 2 unspecified atom stereocenters. The van der Waals surface area contributed by atoms with Gasteiger partial charge in [0.05, 0.1) is 0 Å². The Balaban J connectivity index is 1.56. The minimum Gasteiger partial charge on any atom is -0.367 e. The molecule has 1 heterocycles. The van der Waals surface area contributed by atoms with Crippen LogP contribution in [0, 0.1) is 13.8 Å². The van der Waals surface area contributed by atoms with Crippen molar-refractivity contribution in [3.8, 4) is 11.1 Å². The molecule has 0 saturated carbocycles. The van der Waals surface area contributed by atoms with Crippen molar-refractivity contribution in [3.63, 3.8) is 0 Å². The molecule has 0 radical (unpaired) electrons. The Bertz CT molecular complexity index is 1220. The van der Waals surface area contributed by atoms with Crippen LogP contribution in [0.25, 0.3) is 21.9 Å². The number of pyridine rings is 1. The van der Waals surface area contributed by atoms with E-state index in [4.69, 9.17) is 10.7 Å². The summed E-state index contributed by atoms with van der Waals surface area (Å²) in [5.74, 6) is 0.916. The maximum absolute atomic E-state index is 6.00. The predicted molar refractivity (Wildman–Crippen MR) is 137 cm³/mol. The Kier molecular flexibility index (Phi) is 6.36. The maximum Gasteiger partial charge on any atom is 0.129 e. The first-order valence-corrected chi connectivity index (χ1v) is 11.4. The predicted octanol–water partition coefficient (Wildman–Crippen LogP) is 6.39.